The van der Waals surface area contributed by atoms with Crippen LogP contribution >= 0.6 is 0 Å². The highest BCUT2D eigenvalue weighted by Gasteiger charge is 1.98. The molecule has 0 saturated carbocycles. The molecule has 18 heavy (non-hydrogen) atoms. The van der Waals surface area contributed by atoms with Crippen molar-refractivity contribution in [2.75, 3.05) is 17.2 Å². The number of nitrogens with zero attached hydrogens (tertiary/aromatic N) is 2. The monoisotopic (exact) mass is 242 g/mol. The molecular weight excluding hydrogens is 224 g/mol. The van der Waals surface area contributed by atoms with Gasteiger partial charge >= 0.3 is 0 Å². The Kier molecular flexibility index (Phi) is 4.53. The lowest BCUT2D eigenvalue weighted by Gasteiger charge is -2.07. The van der Waals surface area contributed by atoms with Crippen LogP contribution in [0.1, 0.15) is 18.9 Å². The van der Waals surface area contributed by atoms with Gasteiger partial charge in [-0.25, -0.2) is 4.98 Å². The highest BCUT2D eigenvalue weighted by atomic mass is 15.1. The number of anilines is 2. The van der Waals surface area contributed by atoms with E-state index in [9.17, 15) is 0 Å². The minimum atomic E-state index is 0.653. The second-order valence-corrected chi connectivity index (χ2v) is 4.03. The molecule has 0 aliphatic rings. The lowest BCUT2D eigenvalue weighted by Crippen LogP contribution is -2.07. The Morgan fingerprint density at radius 1 is 1.06 bits per heavy atom. The van der Waals surface area contributed by atoms with Crippen molar-refractivity contribution < 1.29 is 0 Å². The number of benzene rings is 1. The van der Waals surface area contributed by atoms with E-state index in [0.29, 0.717) is 5.95 Å². The van der Waals surface area contributed by atoms with E-state index in [1.165, 1.54) is 5.56 Å². The second-order valence-electron chi connectivity index (χ2n) is 4.03. The van der Waals surface area contributed by atoms with Crippen LogP contribution in [0.3, 0.4) is 0 Å². The normalized spacial score (nSPS) is 10.1. The fourth-order valence-corrected chi connectivity index (χ4v) is 1.57. The SMILES string of the molecule is CCCNc1ccnc(NCc2ccccc2)n1. The predicted molar refractivity (Wildman–Crippen MR) is 74.6 cm³/mol. The smallest absolute Gasteiger partial charge is 0.224 e. The predicted octanol–water partition coefficient (Wildman–Crippen LogP) is 2.91. The van der Waals surface area contributed by atoms with Crippen LogP contribution in [0.5, 0.6) is 0 Å². The Balaban J connectivity index is 1.93. The largest absolute Gasteiger partial charge is 0.370 e. The van der Waals surface area contributed by atoms with Crippen LogP contribution in [-0.4, -0.2) is 16.5 Å². The molecule has 94 valence electrons. The Morgan fingerprint density at radius 2 is 1.89 bits per heavy atom. The van der Waals surface area contributed by atoms with Crippen LogP contribution < -0.4 is 10.6 Å². The van der Waals surface area contributed by atoms with Crippen molar-refractivity contribution in [1.82, 2.24) is 9.97 Å². The Bertz CT molecular complexity index is 470. The van der Waals surface area contributed by atoms with Crippen LogP contribution in [0.2, 0.25) is 0 Å². The van der Waals surface area contributed by atoms with Crippen molar-refractivity contribution in [2.45, 2.75) is 19.9 Å². The quantitative estimate of drug-likeness (QED) is 0.817. The average Bonchev–Trinajstić information content (AvgIpc) is 2.44. The van der Waals surface area contributed by atoms with Gasteiger partial charge in [-0.2, -0.15) is 4.98 Å². The minimum absolute atomic E-state index is 0.653. The highest BCUT2D eigenvalue weighted by Crippen LogP contribution is 2.07. The zero-order valence-electron chi connectivity index (χ0n) is 10.6. The number of nitrogens with one attached hydrogen (secondary N) is 2. The van der Waals surface area contributed by atoms with Gasteiger partial charge in [0.15, 0.2) is 0 Å². The maximum atomic E-state index is 4.39. The molecule has 1 aromatic carbocycles. The third-order valence-corrected chi connectivity index (χ3v) is 2.51. The van der Waals surface area contributed by atoms with E-state index in [0.717, 1.165) is 25.3 Å². The topological polar surface area (TPSA) is 49.8 Å². The third kappa shape index (κ3) is 3.73. The molecule has 0 radical (unpaired) electrons. The number of rotatable bonds is 6. The zero-order chi connectivity index (χ0) is 12.6. The van der Waals surface area contributed by atoms with Gasteiger partial charge in [-0.15, -0.1) is 0 Å². The van der Waals surface area contributed by atoms with E-state index in [1.54, 1.807) is 6.20 Å². The van der Waals surface area contributed by atoms with Crippen molar-refractivity contribution in [2.24, 2.45) is 0 Å². The third-order valence-electron chi connectivity index (χ3n) is 2.51. The van der Waals surface area contributed by atoms with Crippen molar-refractivity contribution in [3.63, 3.8) is 0 Å². The Morgan fingerprint density at radius 3 is 2.67 bits per heavy atom. The van der Waals surface area contributed by atoms with E-state index >= 15 is 0 Å². The second kappa shape index (κ2) is 6.59. The Labute approximate surface area is 107 Å². The van der Waals surface area contributed by atoms with Crippen LogP contribution in [-0.2, 0) is 6.54 Å². The molecule has 0 aliphatic carbocycles. The van der Waals surface area contributed by atoms with Gasteiger partial charge in [-0.1, -0.05) is 37.3 Å². The summed E-state index contributed by atoms with van der Waals surface area (Å²) in [7, 11) is 0. The summed E-state index contributed by atoms with van der Waals surface area (Å²) in [6.45, 7) is 3.79. The van der Waals surface area contributed by atoms with Gasteiger partial charge in [0.25, 0.3) is 0 Å². The fraction of sp³-hybridized carbons (Fsp3) is 0.286. The molecule has 2 N–H and O–H groups in total. The molecule has 0 aliphatic heterocycles. The lowest BCUT2D eigenvalue weighted by molar-refractivity contribution is 0.961. The van der Waals surface area contributed by atoms with E-state index in [2.05, 4.69) is 39.7 Å². The van der Waals surface area contributed by atoms with Gasteiger partial charge in [-0.05, 0) is 18.1 Å². The summed E-state index contributed by atoms with van der Waals surface area (Å²) in [4.78, 5) is 8.59. The van der Waals surface area contributed by atoms with Crippen LogP contribution in [0.4, 0.5) is 11.8 Å². The maximum absolute atomic E-state index is 4.39. The van der Waals surface area contributed by atoms with Gasteiger partial charge in [0.05, 0.1) is 0 Å². The number of hydrogen-bond acceptors (Lipinski definition) is 4. The minimum Gasteiger partial charge on any atom is -0.370 e. The maximum Gasteiger partial charge on any atom is 0.224 e. The van der Waals surface area contributed by atoms with E-state index in [1.807, 2.05) is 24.3 Å². The average molecular weight is 242 g/mol. The van der Waals surface area contributed by atoms with E-state index in [-0.39, 0.29) is 0 Å². The van der Waals surface area contributed by atoms with Crippen LogP contribution in [0, 0.1) is 0 Å². The van der Waals surface area contributed by atoms with Crippen LogP contribution in [0.15, 0.2) is 42.6 Å². The summed E-state index contributed by atoms with van der Waals surface area (Å²) in [5, 5.41) is 6.46. The molecule has 0 spiro atoms. The molecule has 0 atom stereocenters. The molecule has 4 heteroatoms. The molecule has 2 rings (SSSR count). The highest BCUT2D eigenvalue weighted by molar-refractivity contribution is 5.39. The summed E-state index contributed by atoms with van der Waals surface area (Å²) in [6.07, 6.45) is 2.84. The molecule has 0 saturated heterocycles. The van der Waals surface area contributed by atoms with Gasteiger partial charge in [0.2, 0.25) is 5.95 Å². The first-order valence-electron chi connectivity index (χ1n) is 6.23. The Hall–Kier alpha value is -2.10. The molecule has 4 nitrogen and oxygen atoms in total. The summed E-state index contributed by atoms with van der Waals surface area (Å²) >= 11 is 0. The van der Waals surface area contributed by atoms with E-state index < -0.39 is 0 Å². The fourth-order valence-electron chi connectivity index (χ4n) is 1.57. The first kappa shape index (κ1) is 12.4. The number of hydrogen-bond donors (Lipinski definition) is 2. The summed E-state index contributed by atoms with van der Waals surface area (Å²) in [6, 6.07) is 12.1. The van der Waals surface area contributed by atoms with Crippen molar-refractivity contribution >= 4 is 11.8 Å². The summed E-state index contributed by atoms with van der Waals surface area (Å²) in [5.41, 5.74) is 1.22. The molecule has 2 aromatic rings. The number of aromatic nitrogens is 2. The summed E-state index contributed by atoms with van der Waals surface area (Å²) < 4.78 is 0. The first-order valence-corrected chi connectivity index (χ1v) is 6.23. The van der Waals surface area contributed by atoms with E-state index in [4.69, 9.17) is 0 Å². The van der Waals surface area contributed by atoms with Crippen molar-refractivity contribution in [3.8, 4) is 0 Å². The van der Waals surface area contributed by atoms with Crippen LogP contribution in [0.25, 0.3) is 0 Å². The first-order chi connectivity index (χ1) is 8.88. The lowest BCUT2D eigenvalue weighted by atomic mass is 10.2. The molecular formula is C14H18N4. The van der Waals surface area contributed by atoms with Crippen molar-refractivity contribution in [3.05, 3.63) is 48.2 Å². The van der Waals surface area contributed by atoms with Gasteiger partial charge < -0.3 is 10.6 Å². The van der Waals surface area contributed by atoms with Gasteiger partial charge in [-0.3, -0.25) is 0 Å². The molecule has 0 amide bonds. The molecule has 0 unspecified atom stereocenters. The molecule has 1 heterocycles. The van der Waals surface area contributed by atoms with Crippen molar-refractivity contribution in [1.29, 1.82) is 0 Å². The van der Waals surface area contributed by atoms with Gasteiger partial charge in [0, 0.05) is 19.3 Å². The zero-order valence-corrected chi connectivity index (χ0v) is 10.6. The summed E-state index contributed by atoms with van der Waals surface area (Å²) in [5.74, 6) is 1.52. The molecule has 1 aromatic heterocycles. The molecule has 0 bridgehead atoms. The van der Waals surface area contributed by atoms with Gasteiger partial charge in [0.1, 0.15) is 5.82 Å². The molecule has 0 fully saturated rings. The standard InChI is InChI=1S/C14H18N4/c1-2-9-15-13-8-10-16-14(18-13)17-11-12-6-4-3-5-7-12/h3-8,10H,2,9,11H2,1H3,(H2,15,16,17,18).